The summed E-state index contributed by atoms with van der Waals surface area (Å²) in [6, 6.07) is 8.26. The number of halogens is 1. The lowest BCUT2D eigenvalue weighted by Crippen LogP contribution is -2.17. The van der Waals surface area contributed by atoms with E-state index in [0.717, 1.165) is 22.3 Å². The Morgan fingerprint density at radius 1 is 1.39 bits per heavy atom. The zero-order valence-corrected chi connectivity index (χ0v) is 12.4. The lowest BCUT2D eigenvalue weighted by molar-refractivity contribution is 0.579. The Morgan fingerprint density at radius 3 is 2.78 bits per heavy atom. The van der Waals surface area contributed by atoms with Crippen molar-refractivity contribution >= 4 is 22.9 Å². The van der Waals surface area contributed by atoms with Crippen molar-refractivity contribution in [2.75, 3.05) is 0 Å². The van der Waals surface area contributed by atoms with Gasteiger partial charge in [-0.2, -0.15) is 0 Å². The van der Waals surface area contributed by atoms with Crippen LogP contribution in [0, 0.1) is 13.8 Å². The summed E-state index contributed by atoms with van der Waals surface area (Å²) in [4.78, 5) is 5.77. The number of hydrogen-bond donors (Lipinski definition) is 1. The van der Waals surface area contributed by atoms with Gasteiger partial charge < -0.3 is 5.32 Å². The minimum Gasteiger partial charge on any atom is -0.305 e. The number of benzene rings is 1. The lowest BCUT2D eigenvalue weighted by Gasteiger charge is -2.13. The molecule has 2 rings (SSSR count). The second-order valence-corrected chi connectivity index (χ2v) is 6.09. The van der Waals surface area contributed by atoms with Gasteiger partial charge in [-0.3, -0.25) is 0 Å². The van der Waals surface area contributed by atoms with Crippen molar-refractivity contribution in [1.82, 2.24) is 10.3 Å². The summed E-state index contributed by atoms with van der Waals surface area (Å²) in [5, 5.41) is 5.42. The Bertz CT molecular complexity index is 536. The zero-order valence-electron chi connectivity index (χ0n) is 10.8. The first kappa shape index (κ1) is 13.5. The molecule has 2 aromatic rings. The van der Waals surface area contributed by atoms with Crippen LogP contribution in [0.5, 0.6) is 0 Å². The molecule has 0 amide bonds. The molecule has 1 heterocycles. The number of aryl methyl sites for hydroxylation is 2. The molecule has 0 aliphatic heterocycles. The first-order chi connectivity index (χ1) is 8.56. The van der Waals surface area contributed by atoms with Gasteiger partial charge in [-0.05, 0) is 38.5 Å². The number of hydrogen-bond acceptors (Lipinski definition) is 3. The van der Waals surface area contributed by atoms with E-state index < -0.39 is 0 Å². The highest BCUT2D eigenvalue weighted by Gasteiger charge is 2.12. The molecular formula is C14H17ClN2S. The van der Waals surface area contributed by atoms with Gasteiger partial charge in [0.05, 0.1) is 10.7 Å². The highest BCUT2D eigenvalue weighted by atomic mass is 35.5. The Kier molecular flexibility index (Phi) is 4.38. The number of nitrogens with one attached hydrogen (secondary N) is 1. The first-order valence-corrected chi connectivity index (χ1v) is 7.17. The quantitative estimate of drug-likeness (QED) is 0.905. The van der Waals surface area contributed by atoms with Crippen LogP contribution in [0.2, 0.25) is 5.02 Å². The SMILES string of the molecule is Cc1nc(C)c(C(C)NCc2cccc(Cl)c2)s1. The summed E-state index contributed by atoms with van der Waals surface area (Å²) in [5.74, 6) is 0. The third-order valence-corrected chi connectivity index (χ3v) is 4.32. The topological polar surface area (TPSA) is 24.9 Å². The van der Waals surface area contributed by atoms with Crippen LogP contribution in [0.3, 0.4) is 0 Å². The van der Waals surface area contributed by atoms with Crippen LogP contribution in [0.15, 0.2) is 24.3 Å². The largest absolute Gasteiger partial charge is 0.305 e. The average molecular weight is 281 g/mol. The molecule has 1 aromatic heterocycles. The molecule has 0 saturated carbocycles. The second-order valence-electron chi connectivity index (χ2n) is 4.42. The van der Waals surface area contributed by atoms with Crippen molar-refractivity contribution in [3.05, 3.63) is 50.4 Å². The maximum Gasteiger partial charge on any atom is 0.0900 e. The minimum atomic E-state index is 0.315. The van der Waals surface area contributed by atoms with Gasteiger partial charge in [-0.25, -0.2) is 4.98 Å². The predicted octanol–water partition coefficient (Wildman–Crippen LogP) is 4.26. The summed E-state index contributed by atoms with van der Waals surface area (Å²) in [7, 11) is 0. The van der Waals surface area contributed by atoms with Gasteiger partial charge in [0.25, 0.3) is 0 Å². The Labute approximate surface area is 117 Å². The highest BCUT2D eigenvalue weighted by molar-refractivity contribution is 7.11. The van der Waals surface area contributed by atoms with E-state index in [2.05, 4.69) is 30.2 Å². The van der Waals surface area contributed by atoms with Gasteiger partial charge in [0, 0.05) is 22.5 Å². The molecule has 0 aliphatic carbocycles. The lowest BCUT2D eigenvalue weighted by atomic mass is 10.2. The molecule has 1 N–H and O–H groups in total. The van der Waals surface area contributed by atoms with Crippen molar-refractivity contribution in [2.45, 2.75) is 33.4 Å². The van der Waals surface area contributed by atoms with Crippen LogP contribution in [0.25, 0.3) is 0 Å². The number of nitrogens with zero attached hydrogens (tertiary/aromatic N) is 1. The molecule has 1 aromatic carbocycles. The van der Waals surface area contributed by atoms with E-state index in [4.69, 9.17) is 11.6 Å². The van der Waals surface area contributed by atoms with Crippen molar-refractivity contribution in [2.24, 2.45) is 0 Å². The molecule has 2 nitrogen and oxygen atoms in total. The average Bonchev–Trinajstić information content (AvgIpc) is 2.66. The molecule has 1 atom stereocenters. The van der Waals surface area contributed by atoms with Gasteiger partial charge in [-0.1, -0.05) is 23.7 Å². The summed E-state index contributed by atoms with van der Waals surface area (Å²) >= 11 is 7.73. The fourth-order valence-corrected chi connectivity index (χ4v) is 3.13. The first-order valence-electron chi connectivity index (χ1n) is 5.98. The maximum absolute atomic E-state index is 5.97. The van der Waals surface area contributed by atoms with Gasteiger partial charge in [0.1, 0.15) is 0 Å². The Hall–Kier alpha value is -0.900. The summed E-state index contributed by atoms with van der Waals surface area (Å²) in [6.45, 7) is 7.10. The van der Waals surface area contributed by atoms with Crippen LogP contribution in [-0.4, -0.2) is 4.98 Å². The molecule has 0 fully saturated rings. The molecule has 0 bridgehead atoms. The molecule has 96 valence electrons. The van der Waals surface area contributed by atoms with Crippen LogP contribution in [0.4, 0.5) is 0 Å². The highest BCUT2D eigenvalue weighted by Crippen LogP contribution is 2.24. The Morgan fingerprint density at radius 2 is 2.17 bits per heavy atom. The molecule has 0 spiro atoms. The van der Waals surface area contributed by atoms with E-state index in [0.29, 0.717) is 6.04 Å². The van der Waals surface area contributed by atoms with E-state index in [1.54, 1.807) is 11.3 Å². The third kappa shape index (κ3) is 3.31. The van der Waals surface area contributed by atoms with Gasteiger partial charge in [-0.15, -0.1) is 11.3 Å². The fraction of sp³-hybridized carbons (Fsp3) is 0.357. The third-order valence-electron chi connectivity index (χ3n) is 2.83. The van der Waals surface area contributed by atoms with Crippen LogP contribution in [0.1, 0.15) is 34.1 Å². The molecule has 0 saturated heterocycles. The van der Waals surface area contributed by atoms with Gasteiger partial charge in [0.15, 0.2) is 0 Å². The minimum absolute atomic E-state index is 0.315. The zero-order chi connectivity index (χ0) is 13.1. The molecule has 18 heavy (non-hydrogen) atoms. The maximum atomic E-state index is 5.97. The molecule has 4 heteroatoms. The van der Waals surface area contributed by atoms with E-state index in [1.165, 1.54) is 10.4 Å². The summed E-state index contributed by atoms with van der Waals surface area (Å²) in [6.07, 6.45) is 0. The van der Waals surface area contributed by atoms with Crippen LogP contribution < -0.4 is 5.32 Å². The summed E-state index contributed by atoms with van der Waals surface area (Å²) in [5.41, 5.74) is 2.33. The predicted molar refractivity (Wildman–Crippen MR) is 78.3 cm³/mol. The van der Waals surface area contributed by atoms with E-state index in [1.807, 2.05) is 25.1 Å². The normalized spacial score (nSPS) is 12.7. The molecule has 0 radical (unpaired) electrons. The van der Waals surface area contributed by atoms with E-state index in [-0.39, 0.29) is 0 Å². The van der Waals surface area contributed by atoms with Crippen molar-refractivity contribution in [3.8, 4) is 0 Å². The standard InChI is InChI=1S/C14H17ClN2S/c1-9(14-10(2)17-11(3)18-14)16-8-12-5-4-6-13(15)7-12/h4-7,9,16H,8H2,1-3H3. The van der Waals surface area contributed by atoms with Crippen LogP contribution in [-0.2, 0) is 6.54 Å². The second kappa shape index (κ2) is 5.83. The van der Waals surface area contributed by atoms with Gasteiger partial charge >= 0.3 is 0 Å². The Balaban J connectivity index is 2.00. The smallest absolute Gasteiger partial charge is 0.0900 e. The van der Waals surface area contributed by atoms with E-state index >= 15 is 0 Å². The number of thiazole rings is 1. The van der Waals surface area contributed by atoms with Gasteiger partial charge in [0.2, 0.25) is 0 Å². The van der Waals surface area contributed by atoms with Crippen molar-refractivity contribution < 1.29 is 0 Å². The molecule has 1 unspecified atom stereocenters. The van der Waals surface area contributed by atoms with Crippen molar-refractivity contribution in [3.63, 3.8) is 0 Å². The number of aromatic nitrogens is 1. The number of rotatable bonds is 4. The van der Waals surface area contributed by atoms with Crippen LogP contribution >= 0.6 is 22.9 Å². The summed E-state index contributed by atoms with van der Waals surface area (Å²) < 4.78 is 0. The molecular weight excluding hydrogens is 264 g/mol. The fourth-order valence-electron chi connectivity index (χ4n) is 1.96. The van der Waals surface area contributed by atoms with Crippen molar-refractivity contribution in [1.29, 1.82) is 0 Å². The monoisotopic (exact) mass is 280 g/mol. The van der Waals surface area contributed by atoms with E-state index in [9.17, 15) is 0 Å². The molecule has 0 aliphatic rings.